The number of carbonyl (C=O) groups is 2. The number of nitrogens with zero attached hydrogens (tertiary/aromatic N) is 2. The van der Waals surface area contributed by atoms with Crippen LogP contribution in [0.4, 0.5) is 0 Å². The molecule has 1 saturated heterocycles. The number of hydrogen-bond acceptors (Lipinski definition) is 3. The normalized spacial score (nSPS) is 14.9. The molecule has 1 aromatic heterocycles. The molecule has 0 aliphatic carbocycles. The van der Waals surface area contributed by atoms with Crippen molar-refractivity contribution in [3.05, 3.63) is 83.7 Å². The van der Waals surface area contributed by atoms with Crippen LogP contribution >= 0.6 is 15.9 Å². The molecular formula is C24H22BrN3O2. The predicted molar refractivity (Wildman–Crippen MR) is 122 cm³/mol. The second-order valence-corrected chi connectivity index (χ2v) is 8.07. The van der Waals surface area contributed by atoms with Crippen molar-refractivity contribution in [2.75, 3.05) is 13.1 Å². The third-order valence-corrected chi connectivity index (χ3v) is 6.05. The minimum Gasteiger partial charge on any atom is -0.337 e. The second kappa shape index (κ2) is 9.22. The van der Waals surface area contributed by atoms with Crippen molar-refractivity contribution in [2.24, 2.45) is 0 Å². The molecule has 1 fully saturated rings. The Kier molecular flexibility index (Phi) is 6.23. The van der Waals surface area contributed by atoms with Gasteiger partial charge >= 0.3 is 0 Å². The zero-order chi connectivity index (χ0) is 20.9. The van der Waals surface area contributed by atoms with Crippen LogP contribution in [0.25, 0.3) is 15.4 Å². The zero-order valence-electron chi connectivity index (χ0n) is 16.5. The van der Waals surface area contributed by atoms with E-state index in [1.54, 1.807) is 35.4 Å². The van der Waals surface area contributed by atoms with Gasteiger partial charge in [0.1, 0.15) is 5.70 Å². The van der Waals surface area contributed by atoms with Crippen LogP contribution in [-0.2, 0) is 4.79 Å². The van der Waals surface area contributed by atoms with E-state index in [-0.39, 0.29) is 17.5 Å². The van der Waals surface area contributed by atoms with Crippen LogP contribution in [-0.4, -0.2) is 34.8 Å². The lowest BCUT2D eigenvalue weighted by Crippen LogP contribution is -2.41. The topological polar surface area (TPSA) is 62.3 Å². The molecule has 0 atom stereocenters. The lowest BCUT2D eigenvalue weighted by Gasteiger charge is -2.28. The maximum Gasteiger partial charge on any atom is 0.271 e. The van der Waals surface area contributed by atoms with Crippen molar-refractivity contribution in [2.45, 2.75) is 19.3 Å². The molecule has 0 radical (unpaired) electrons. The molecule has 6 heteroatoms. The monoisotopic (exact) mass is 463 g/mol. The van der Waals surface area contributed by atoms with Crippen molar-refractivity contribution in [3.8, 4) is 0 Å². The van der Waals surface area contributed by atoms with Crippen LogP contribution in [0, 0.1) is 0 Å². The van der Waals surface area contributed by atoms with Gasteiger partial charge in [-0.1, -0.05) is 36.4 Å². The Morgan fingerprint density at radius 3 is 2.37 bits per heavy atom. The van der Waals surface area contributed by atoms with E-state index in [4.69, 9.17) is 0 Å². The van der Waals surface area contributed by atoms with Crippen LogP contribution in [0.2, 0.25) is 0 Å². The Morgan fingerprint density at radius 1 is 0.900 bits per heavy atom. The summed E-state index contributed by atoms with van der Waals surface area (Å²) in [6.45, 7) is 1.39. The molecule has 30 heavy (non-hydrogen) atoms. The molecule has 2 amide bonds. The summed E-state index contributed by atoms with van der Waals surface area (Å²) in [7, 11) is 0. The highest BCUT2D eigenvalue weighted by molar-refractivity contribution is 9.15. The lowest BCUT2D eigenvalue weighted by atomic mass is 10.1. The Hall–Kier alpha value is -2.99. The summed E-state index contributed by atoms with van der Waals surface area (Å²) in [6, 6.07) is 18.7. The van der Waals surface area contributed by atoms with Gasteiger partial charge in [-0.25, -0.2) is 0 Å². The molecule has 1 aliphatic rings. The zero-order valence-corrected chi connectivity index (χ0v) is 18.1. The van der Waals surface area contributed by atoms with E-state index in [0.29, 0.717) is 23.1 Å². The molecule has 0 bridgehead atoms. The van der Waals surface area contributed by atoms with E-state index in [2.05, 4.69) is 26.2 Å². The van der Waals surface area contributed by atoms with Crippen LogP contribution in [0.5, 0.6) is 0 Å². The summed E-state index contributed by atoms with van der Waals surface area (Å²) in [6.07, 6.45) is 4.78. The van der Waals surface area contributed by atoms with Crippen LogP contribution in [0.1, 0.15) is 35.2 Å². The Labute approximate surface area is 183 Å². The Bertz CT molecular complexity index is 1110. The summed E-state index contributed by atoms with van der Waals surface area (Å²) in [5.41, 5.74) is 2.35. The lowest BCUT2D eigenvalue weighted by molar-refractivity contribution is -0.128. The minimum atomic E-state index is -0.318. The number of para-hydroxylation sites is 1. The molecule has 2 aromatic carbocycles. The first-order valence-electron chi connectivity index (χ1n) is 10.0. The molecule has 1 N–H and O–H groups in total. The molecule has 0 spiro atoms. The summed E-state index contributed by atoms with van der Waals surface area (Å²) in [4.78, 5) is 32.5. The number of piperidine rings is 1. The number of fused-ring (bicyclic) bond motifs is 1. The van der Waals surface area contributed by atoms with Crippen molar-refractivity contribution in [1.29, 1.82) is 0 Å². The van der Waals surface area contributed by atoms with Crippen molar-refractivity contribution >= 4 is 43.1 Å². The van der Waals surface area contributed by atoms with Crippen molar-refractivity contribution in [1.82, 2.24) is 15.2 Å². The average Bonchev–Trinajstić information content (AvgIpc) is 2.82. The maximum absolute atomic E-state index is 13.3. The van der Waals surface area contributed by atoms with Crippen LogP contribution in [0.3, 0.4) is 0 Å². The predicted octanol–water partition coefficient (Wildman–Crippen LogP) is 4.74. The third-order valence-electron chi connectivity index (χ3n) is 5.20. The van der Waals surface area contributed by atoms with Gasteiger partial charge in [0.15, 0.2) is 0 Å². The van der Waals surface area contributed by atoms with Gasteiger partial charge in [0.25, 0.3) is 11.8 Å². The summed E-state index contributed by atoms with van der Waals surface area (Å²) in [5.74, 6) is -0.499. The van der Waals surface area contributed by atoms with Crippen LogP contribution in [0.15, 0.2) is 72.6 Å². The fraction of sp³-hybridized carbons (Fsp3) is 0.208. The smallest absolute Gasteiger partial charge is 0.271 e. The number of likely N-dealkylation sites (tertiary alicyclic amines) is 1. The molecule has 0 saturated carbocycles. The van der Waals surface area contributed by atoms with E-state index in [1.807, 2.05) is 36.4 Å². The summed E-state index contributed by atoms with van der Waals surface area (Å²) in [5, 5.41) is 3.82. The third kappa shape index (κ3) is 4.44. The van der Waals surface area contributed by atoms with E-state index < -0.39 is 0 Å². The first kappa shape index (κ1) is 20.3. The Balaban J connectivity index is 1.73. The molecule has 152 valence electrons. The van der Waals surface area contributed by atoms with Crippen LogP contribution < -0.4 is 5.32 Å². The van der Waals surface area contributed by atoms with Gasteiger partial charge in [0.2, 0.25) is 0 Å². The van der Waals surface area contributed by atoms with Gasteiger partial charge in [-0.05, 0) is 59.5 Å². The summed E-state index contributed by atoms with van der Waals surface area (Å²) >= 11 is 3.58. The molecular weight excluding hydrogens is 442 g/mol. The number of benzene rings is 2. The Morgan fingerprint density at radius 2 is 1.60 bits per heavy atom. The highest BCUT2D eigenvalue weighted by atomic mass is 79.9. The first-order valence-corrected chi connectivity index (χ1v) is 10.8. The number of carbonyl (C=O) groups excluding carboxylic acids is 2. The highest BCUT2D eigenvalue weighted by Gasteiger charge is 2.25. The number of amides is 2. The standard InChI is InChI=1S/C24H22BrN3O2/c25-21(19-15-18-11-5-6-12-20(18)26-16-19)22(24(30)28-13-7-2-8-14-28)27-23(29)17-9-3-1-4-10-17/h1,3-6,9-12,15-16H,2,7-8,13-14H2,(H,27,29)/b22-21-. The van der Waals surface area contributed by atoms with Gasteiger partial charge in [0, 0.05) is 35.8 Å². The maximum atomic E-state index is 13.3. The number of nitrogens with one attached hydrogen (secondary N) is 1. The van der Waals surface area contributed by atoms with Crippen molar-refractivity contribution in [3.63, 3.8) is 0 Å². The number of pyridine rings is 1. The fourth-order valence-electron chi connectivity index (χ4n) is 3.57. The molecule has 2 heterocycles. The quantitative estimate of drug-likeness (QED) is 0.568. The van der Waals surface area contributed by atoms with E-state index >= 15 is 0 Å². The van der Waals surface area contributed by atoms with Crippen molar-refractivity contribution < 1.29 is 9.59 Å². The second-order valence-electron chi connectivity index (χ2n) is 7.28. The van der Waals surface area contributed by atoms with E-state index in [0.717, 1.165) is 35.7 Å². The molecule has 0 unspecified atom stereocenters. The average molecular weight is 464 g/mol. The highest BCUT2D eigenvalue weighted by Crippen LogP contribution is 2.28. The number of rotatable bonds is 4. The van der Waals surface area contributed by atoms with Gasteiger partial charge in [-0.2, -0.15) is 0 Å². The summed E-state index contributed by atoms with van der Waals surface area (Å²) < 4.78 is 0.528. The number of halogens is 1. The molecule has 1 aliphatic heterocycles. The van der Waals surface area contributed by atoms with Gasteiger partial charge < -0.3 is 10.2 Å². The largest absolute Gasteiger partial charge is 0.337 e. The molecule has 5 nitrogen and oxygen atoms in total. The number of hydrogen-bond donors (Lipinski definition) is 1. The van der Waals surface area contributed by atoms with Gasteiger partial charge in [-0.15, -0.1) is 0 Å². The minimum absolute atomic E-state index is 0.181. The fourth-order valence-corrected chi connectivity index (χ4v) is 4.05. The first-order chi connectivity index (χ1) is 14.6. The number of aromatic nitrogens is 1. The molecule has 4 rings (SSSR count). The SMILES string of the molecule is O=C(N/C(C(=O)N1CCCCC1)=C(\Br)c1cnc2ccccc2c1)c1ccccc1. The molecule has 3 aromatic rings. The van der Waals surface area contributed by atoms with E-state index in [9.17, 15) is 9.59 Å². The van der Waals surface area contributed by atoms with E-state index in [1.165, 1.54) is 0 Å². The van der Waals surface area contributed by atoms with Gasteiger partial charge in [-0.3, -0.25) is 14.6 Å². The van der Waals surface area contributed by atoms with Gasteiger partial charge in [0.05, 0.1) is 10.00 Å².